The van der Waals surface area contributed by atoms with Crippen LogP contribution < -0.4 is 10.6 Å². The van der Waals surface area contributed by atoms with Gasteiger partial charge in [0, 0.05) is 40.0 Å². The van der Waals surface area contributed by atoms with E-state index in [1.807, 2.05) is 42.5 Å². The second-order valence-corrected chi connectivity index (χ2v) is 10.6. The molecule has 8 nitrogen and oxygen atoms in total. The summed E-state index contributed by atoms with van der Waals surface area (Å²) in [6.45, 7) is 1.20. The highest BCUT2D eigenvalue weighted by molar-refractivity contribution is 5.92. The molecular weight excluding hydrogens is 523 g/mol. The van der Waals surface area contributed by atoms with E-state index in [2.05, 4.69) is 10.6 Å². The number of amides is 3. The fourth-order valence-corrected chi connectivity index (χ4v) is 5.28. The first-order valence-electron chi connectivity index (χ1n) is 14.0. The van der Waals surface area contributed by atoms with E-state index in [0.29, 0.717) is 12.2 Å². The maximum atomic E-state index is 14.5. The monoisotopic (exact) mass is 562 g/mol. The van der Waals surface area contributed by atoms with Gasteiger partial charge in [-0.25, -0.2) is 4.39 Å². The van der Waals surface area contributed by atoms with Gasteiger partial charge >= 0.3 is 0 Å². The second-order valence-electron chi connectivity index (χ2n) is 10.6. The molecular formula is C32H39FN4O4. The summed E-state index contributed by atoms with van der Waals surface area (Å²) in [5.41, 5.74) is 1.20. The molecule has 0 saturated carbocycles. The van der Waals surface area contributed by atoms with Crippen molar-refractivity contribution in [1.82, 2.24) is 20.4 Å². The number of halogens is 1. The van der Waals surface area contributed by atoms with Gasteiger partial charge in [-0.05, 0) is 47.4 Å². The predicted molar refractivity (Wildman–Crippen MR) is 157 cm³/mol. The third-order valence-corrected chi connectivity index (χ3v) is 7.83. The fraction of sp³-hybridized carbons (Fsp3) is 0.406. The smallest absolute Gasteiger partial charge is 0.249 e. The molecule has 1 fully saturated rings. The number of benzene rings is 3. The number of nitrogens with one attached hydrogen (secondary N) is 2. The maximum Gasteiger partial charge on any atom is 0.249 e. The summed E-state index contributed by atoms with van der Waals surface area (Å²) in [7, 11) is 4.59. The molecule has 3 aromatic rings. The number of hydrogen-bond donors (Lipinski definition) is 2. The van der Waals surface area contributed by atoms with Crippen molar-refractivity contribution >= 4 is 28.5 Å². The van der Waals surface area contributed by atoms with Crippen LogP contribution in [0.4, 0.5) is 4.39 Å². The number of fused-ring (bicyclic) bond motifs is 1. The average Bonchev–Trinajstić information content (AvgIpc) is 3.51. The molecule has 3 aromatic carbocycles. The SMILES string of the molecule is CNC(=O)C(Cc1ccccc1F)N(C)C(=O)C(Cc1ccc2ccccc2c1)N(C)C(=O)COCC1CCCN1. The van der Waals surface area contributed by atoms with Gasteiger partial charge in [-0.2, -0.15) is 0 Å². The summed E-state index contributed by atoms with van der Waals surface area (Å²) < 4.78 is 20.2. The van der Waals surface area contributed by atoms with Crippen molar-refractivity contribution in [2.45, 2.75) is 43.8 Å². The summed E-state index contributed by atoms with van der Waals surface area (Å²) in [5, 5.41) is 8.02. The third-order valence-electron chi connectivity index (χ3n) is 7.83. The van der Waals surface area contributed by atoms with Crippen molar-refractivity contribution in [3.05, 3.63) is 83.7 Å². The van der Waals surface area contributed by atoms with E-state index in [1.165, 1.54) is 30.0 Å². The highest BCUT2D eigenvalue weighted by Crippen LogP contribution is 2.20. The number of nitrogens with zero attached hydrogens (tertiary/aromatic N) is 2. The summed E-state index contributed by atoms with van der Waals surface area (Å²) in [6.07, 6.45) is 2.31. The van der Waals surface area contributed by atoms with Gasteiger partial charge in [0.1, 0.15) is 24.5 Å². The average molecular weight is 563 g/mol. The molecule has 1 heterocycles. The molecule has 3 atom stereocenters. The maximum absolute atomic E-state index is 14.5. The van der Waals surface area contributed by atoms with Crippen LogP contribution in [0.2, 0.25) is 0 Å². The Morgan fingerprint density at radius 3 is 2.41 bits per heavy atom. The number of hydrogen-bond acceptors (Lipinski definition) is 5. The number of rotatable bonds is 12. The summed E-state index contributed by atoms with van der Waals surface area (Å²) in [5.74, 6) is -1.62. The molecule has 1 aliphatic heterocycles. The minimum Gasteiger partial charge on any atom is -0.370 e. The van der Waals surface area contributed by atoms with Gasteiger partial charge in [0.2, 0.25) is 17.7 Å². The zero-order valence-corrected chi connectivity index (χ0v) is 23.9. The highest BCUT2D eigenvalue weighted by Gasteiger charge is 2.35. The number of likely N-dealkylation sites (N-methyl/N-ethyl adjacent to an activating group) is 3. The molecule has 0 aromatic heterocycles. The standard InChI is InChI=1S/C32H39FN4O4/c1-34-31(39)28(19-25-11-6-7-13-27(25)33)37(3)32(40)29(18-22-14-15-23-9-4-5-10-24(23)17-22)36(2)30(38)21-41-20-26-12-8-16-35-26/h4-7,9-11,13-15,17,26,28-29,35H,8,12,16,18-21H2,1-3H3,(H,34,39). The Kier molecular flexibility index (Phi) is 10.4. The first-order chi connectivity index (χ1) is 19.8. The Labute approximate surface area is 240 Å². The Hall–Kier alpha value is -3.82. The molecule has 3 amide bonds. The predicted octanol–water partition coefficient (Wildman–Crippen LogP) is 2.93. The fourth-order valence-electron chi connectivity index (χ4n) is 5.28. The zero-order valence-electron chi connectivity index (χ0n) is 23.9. The van der Waals surface area contributed by atoms with E-state index in [0.717, 1.165) is 35.7 Å². The second kappa shape index (κ2) is 14.2. The normalized spacial score (nSPS) is 16.2. The molecule has 0 radical (unpaired) electrons. The zero-order chi connectivity index (χ0) is 29.4. The Balaban J connectivity index is 1.57. The van der Waals surface area contributed by atoms with E-state index in [-0.39, 0.29) is 31.4 Å². The summed E-state index contributed by atoms with van der Waals surface area (Å²) in [6, 6.07) is 18.4. The van der Waals surface area contributed by atoms with Crippen LogP contribution in [-0.2, 0) is 32.0 Å². The van der Waals surface area contributed by atoms with Crippen LogP contribution in [0, 0.1) is 5.82 Å². The lowest BCUT2D eigenvalue weighted by atomic mass is 9.98. The number of carbonyl (C=O) groups excluding carboxylic acids is 3. The van der Waals surface area contributed by atoms with Crippen molar-refractivity contribution < 1.29 is 23.5 Å². The van der Waals surface area contributed by atoms with Gasteiger partial charge < -0.3 is 25.2 Å². The molecule has 3 unspecified atom stereocenters. The molecule has 1 saturated heterocycles. The van der Waals surface area contributed by atoms with Gasteiger partial charge in [0.25, 0.3) is 0 Å². The largest absolute Gasteiger partial charge is 0.370 e. The van der Waals surface area contributed by atoms with Gasteiger partial charge in [-0.15, -0.1) is 0 Å². The third kappa shape index (κ3) is 7.68. The molecule has 0 aliphatic carbocycles. The molecule has 218 valence electrons. The highest BCUT2D eigenvalue weighted by atomic mass is 19.1. The van der Waals surface area contributed by atoms with E-state index in [4.69, 9.17) is 4.74 Å². The van der Waals surface area contributed by atoms with Crippen molar-refractivity contribution in [2.75, 3.05) is 40.9 Å². The summed E-state index contributed by atoms with van der Waals surface area (Å²) in [4.78, 5) is 43.0. The molecule has 4 rings (SSSR count). The first-order valence-corrected chi connectivity index (χ1v) is 14.0. The van der Waals surface area contributed by atoms with Crippen molar-refractivity contribution in [1.29, 1.82) is 0 Å². The Morgan fingerprint density at radius 2 is 1.71 bits per heavy atom. The minimum atomic E-state index is -0.975. The van der Waals surface area contributed by atoms with Crippen LogP contribution in [0.25, 0.3) is 10.8 Å². The lowest BCUT2D eigenvalue weighted by Gasteiger charge is -2.34. The van der Waals surface area contributed by atoms with Crippen molar-refractivity contribution in [3.8, 4) is 0 Å². The van der Waals surface area contributed by atoms with Gasteiger partial charge in [-0.3, -0.25) is 14.4 Å². The van der Waals surface area contributed by atoms with Crippen LogP contribution in [0.5, 0.6) is 0 Å². The van der Waals surface area contributed by atoms with Crippen LogP contribution in [0.15, 0.2) is 66.7 Å². The van der Waals surface area contributed by atoms with E-state index in [9.17, 15) is 18.8 Å². The minimum absolute atomic E-state index is 0.00750. The van der Waals surface area contributed by atoms with E-state index in [1.54, 1.807) is 25.2 Å². The molecule has 41 heavy (non-hydrogen) atoms. The molecule has 9 heteroatoms. The van der Waals surface area contributed by atoms with Gasteiger partial charge in [0.05, 0.1) is 6.61 Å². The molecule has 1 aliphatic rings. The topological polar surface area (TPSA) is 91.0 Å². The van der Waals surface area contributed by atoms with E-state index >= 15 is 0 Å². The number of carbonyl (C=O) groups is 3. The summed E-state index contributed by atoms with van der Waals surface area (Å²) >= 11 is 0. The lowest BCUT2D eigenvalue weighted by molar-refractivity contribution is -0.149. The lowest BCUT2D eigenvalue weighted by Crippen LogP contribution is -2.56. The van der Waals surface area contributed by atoms with Crippen molar-refractivity contribution in [2.24, 2.45) is 0 Å². The Morgan fingerprint density at radius 1 is 0.976 bits per heavy atom. The van der Waals surface area contributed by atoms with Gasteiger partial charge in [-0.1, -0.05) is 60.7 Å². The van der Waals surface area contributed by atoms with Gasteiger partial charge in [0.15, 0.2) is 0 Å². The van der Waals surface area contributed by atoms with Crippen LogP contribution >= 0.6 is 0 Å². The van der Waals surface area contributed by atoms with E-state index < -0.39 is 29.7 Å². The van der Waals surface area contributed by atoms with Crippen LogP contribution in [-0.4, -0.2) is 86.5 Å². The first kappa shape index (κ1) is 30.1. The molecule has 0 spiro atoms. The van der Waals surface area contributed by atoms with Crippen LogP contribution in [0.3, 0.4) is 0 Å². The molecule has 0 bridgehead atoms. The number of ether oxygens (including phenoxy) is 1. The van der Waals surface area contributed by atoms with Crippen molar-refractivity contribution in [3.63, 3.8) is 0 Å². The quantitative estimate of drug-likeness (QED) is 0.354. The molecule has 2 N–H and O–H groups in total. The van der Waals surface area contributed by atoms with Crippen LogP contribution in [0.1, 0.15) is 24.0 Å². The Bertz CT molecular complexity index is 1360.